The Morgan fingerprint density at radius 1 is 1.20 bits per heavy atom. The van der Waals surface area contributed by atoms with Crippen LogP contribution in [0.1, 0.15) is 20.8 Å². The van der Waals surface area contributed by atoms with E-state index in [-0.39, 0.29) is 11.6 Å². The quantitative estimate of drug-likeness (QED) is 0.629. The van der Waals surface area contributed by atoms with Gasteiger partial charge in [-0.2, -0.15) is 0 Å². The number of hydrogen-bond donors (Lipinski definition) is 0. The molecule has 0 N–H and O–H groups in total. The molecule has 6 nitrogen and oxygen atoms in total. The highest BCUT2D eigenvalue weighted by molar-refractivity contribution is 5.95. The van der Waals surface area contributed by atoms with Gasteiger partial charge in [0.1, 0.15) is 0 Å². The van der Waals surface area contributed by atoms with Crippen LogP contribution in [0.25, 0.3) is 0 Å². The third kappa shape index (κ3) is 3.77. The molecule has 0 saturated carbocycles. The first-order valence-corrected chi connectivity index (χ1v) is 6.89. The van der Waals surface area contributed by atoms with Gasteiger partial charge in [-0.25, -0.2) is 0 Å². The van der Waals surface area contributed by atoms with Crippen LogP contribution in [0.2, 0.25) is 0 Å². The van der Waals surface area contributed by atoms with Crippen molar-refractivity contribution >= 4 is 17.3 Å². The Morgan fingerprint density at radius 2 is 1.80 bits per heavy atom. The number of nitro benzene ring substituents is 1. The molecule has 0 aliphatic carbocycles. The number of amides is 1. The van der Waals surface area contributed by atoms with Gasteiger partial charge >= 0.3 is 0 Å². The lowest BCUT2D eigenvalue weighted by atomic mass is 10.2. The molecule has 0 spiro atoms. The molecular formula is C14H21N3O3. The zero-order valence-electron chi connectivity index (χ0n) is 12.2. The Bertz CT molecular complexity index is 459. The van der Waals surface area contributed by atoms with Gasteiger partial charge in [0.15, 0.2) is 0 Å². The van der Waals surface area contributed by atoms with Gasteiger partial charge in [-0.05, 0) is 18.7 Å². The van der Waals surface area contributed by atoms with E-state index < -0.39 is 4.92 Å². The smallest absolute Gasteiger partial charge is 0.269 e. The van der Waals surface area contributed by atoms with E-state index in [1.54, 1.807) is 17.0 Å². The zero-order valence-corrected chi connectivity index (χ0v) is 12.2. The summed E-state index contributed by atoms with van der Waals surface area (Å²) in [7, 11) is 0. The van der Waals surface area contributed by atoms with Crippen LogP contribution in [0, 0.1) is 10.1 Å². The van der Waals surface area contributed by atoms with Crippen molar-refractivity contribution in [1.82, 2.24) is 4.90 Å². The lowest BCUT2D eigenvalue weighted by molar-refractivity contribution is -0.384. The highest BCUT2D eigenvalue weighted by atomic mass is 16.6. The summed E-state index contributed by atoms with van der Waals surface area (Å²) in [5.74, 6) is 0.0388. The number of anilines is 1. The standard InChI is InChI=1S/C12H15N3O3.C2H6/c1-2-13-7-8-14(12(16)9-13)10-3-5-11(6-4-10)15(17)18;1-2/h3-6H,2,7-9H2,1H3;1-2H3. The molecule has 0 unspecified atom stereocenters. The van der Waals surface area contributed by atoms with Gasteiger partial charge in [-0.3, -0.25) is 19.8 Å². The predicted octanol–water partition coefficient (Wildman–Crippen LogP) is 2.29. The van der Waals surface area contributed by atoms with Crippen molar-refractivity contribution in [2.75, 3.05) is 31.1 Å². The molecule has 1 aromatic rings. The molecule has 2 rings (SSSR count). The fourth-order valence-electron chi connectivity index (χ4n) is 2.02. The first-order chi connectivity index (χ1) is 9.61. The van der Waals surface area contributed by atoms with Crippen molar-refractivity contribution in [3.05, 3.63) is 34.4 Å². The average Bonchev–Trinajstić information content (AvgIpc) is 2.49. The summed E-state index contributed by atoms with van der Waals surface area (Å²) >= 11 is 0. The van der Waals surface area contributed by atoms with Crippen LogP contribution < -0.4 is 4.90 Å². The lowest BCUT2D eigenvalue weighted by Gasteiger charge is -2.33. The fraction of sp³-hybridized carbons (Fsp3) is 0.500. The molecular weight excluding hydrogens is 258 g/mol. The van der Waals surface area contributed by atoms with Gasteiger partial charge in [-0.15, -0.1) is 0 Å². The molecule has 1 fully saturated rings. The summed E-state index contributed by atoms with van der Waals surface area (Å²) in [5.41, 5.74) is 0.764. The third-order valence-electron chi connectivity index (χ3n) is 3.12. The monoisotopic (exact) mass is 279 g/mol. The number of nitrogens with zero attached hydrogens (tertiary/aromatic N) is 3. The molecule has 1 heterocycles. The maximum absolute atomic E-state index is 11.9. The van der Waals surface area contributed by atoms with E-state index in [0.29, 0.717) is 13.1 Å². The molecule has 110 valence electrons. The molecule has 1 saturated heterocycles. The molecule has 0 bridgehead atoms. The molecule has 0 radical (unpaired) electrons. The van der Waals surface area contributed by atoms with Crippen molar-refractivity contribution < 1.29 is 9.72 Å². The Labute approximate surface area is 119 Å². The van der Waals surface area contributed by atoms with Gasteiger partial charge in [0, 0.05) is 30.9 Å². The minimum Gasteiger partial charge on any atom is -0.310 e. The van der Waals surface area contributed by atoms with Crippen molar-refractivity contribution in [3.8, 4) is 0 Å². The number of piperazine rings is 1. The van der Waals surface area contributed by atoms with E-state index >= 15 is 0 Å². The van der Waals surface area contributed by atoms with E-state index in [9.17, 15) is 14.9 Å². The SMILES string of the molecule is CC.CCN1CCN(c2ccc([N+](=O)[O-])cc2)C(=O)C1. The summed E-state index contributed by atoms with van der Waals surface area (Å²) in [6.07, 6.45) is 0. The van der Waals surface area contributed by atoms with Crippen LogP contribution in [0.15, 0.2) is 24.3 Å². The minimum absolute atomic E-state index is 0.0388. The highest BCUT2D eigenvalue weighted by Crippen LogP contribution is 2.21. The van der Waals surface area contributed by atoms with E-state index in [0.717, 1.165) is 18.8 Å². The first-order valence-electron chi connectivity index (χ1n) is 6.89. The van der Waals surface area contributed by atoms with Crippen LogP contribution in [0.5, 0.6) is 0 Å². The van der Waals surface area contributed by atoms with Crippen molar-refractivity contribution in [2.45, 2.75) is 20.8 Å². The highest BCUT2D eigenvalue weighted by Gasteiger charge is 2.24. The Morgan fingerprint density at radius 3 is 2.25 bits per heavy atom. The van der Waals surface area contributed by atoms with E-state index in [1.807, 2.05) is 20.8 Å². The molecule has 6 heteroatoms. The van der Waals surface area contributed by atoms with Gasteiger partial charge in [0.05, 0.1) is 11.5 Å². The molecule has 1 aromatic carbocycles. The number of non-ortho nitro benzene ring substituents is 1. The van der Waals surface area contributed by atoms with Crippen LogP contribution >= 0.6 is 0 Å². The second-order valence-corrected chi connectivity index (χ2v) is 4.19. The van der Waals surface area contributed by atoms with Crippen LogP contribution in [-0.2, 0) is 4.79 Å². The number of carbonyl (C=O) groups is 1. The summed E-state index contributed by atoms with van der Waals surface area (Å²) < 4.78 is 0. The van der Waals surface area contributed by atoms with Gasteiger partial charge in [0.25, 0.3) is 5.69 Å². The maximum Gasteiger partial charge on any atom is 0.269 e. The number of benzene rings is 1. The molecule has 1 aliphatic heterocycles. The summed E-state index contributed by atoms with van der Waals surface area (Å²) in [5, 5.41) is 10.6. The van der Waals surface area contributed by atoms with Gasteiger partial charge in [0.2, 0.25) is 5.91 Å². The van der Waals surface area contributed by atoms with E-state index in [2.05, 4.69) is 4.90 Å². The van der Waals surface area contributed by atoms with Gasteiger partial charge < -0.3 is 4.90 Å². The van der Waals surface area contributed by atoms with Crippen molar-refractivity contribution in [2.24, 2.45) is 0 Å². The summed E-state index contributed by atoms with van der Waals surface area (Å²) in [6, 6.07) is 6.10. The second kappa shape index (κ2) is 7.59. The van der Waals surface area contributed by atoms with Crippen molar-refractivity contribution in [1.29, 1.82) is 0 Å². The fourth-order valence-corrected chi connectivity index (χ4v) is 2.02. The lowest BCUT2D eigenvalue weighted by Crippen LogP contribution is -2.50. The third-order valence-corrected chi connectivity index (χ3v) is 3.12. The minimum atomic E-state index is -0.444. The Balaban J connectivity index is 0.000000956. The number of likely N-dealkylation sites (N-methyl/N-ethyl adjacent to an activating group) is 1. The molecule has 0 aromatic heterocycles. The second-order valence-electron chi connectivity index (χ2n) is 4.19. The summed E-state index contributed by atoms with van der Waals surface area (Å²) in [6.45, 7) is 8.76. The van der Waals surface area contributed by atoms with Crippen LogP contribution in [0.4, 0.5) is 11.4 Å². The van der Waals surface area contributed by atoms with E-state index in [1.165, 1.54) is 12.1 Å². The van der Waals surface area contributed by atoms with Crippen LogP contribution in [-0.4, -0.2) is 41.9 Å². The first kappa shape index (κ1) is 16.1. The zero-order chi connectivity index (χ0) is 15.1. The normalized spacial score (nSPS) is 15.6. The average molecular weight is 279 g/mol. The number of rotatable bonds is 3. The summed E-state index contributed by atoms with van der Waals surface area (Å²) in [4.78, 5) is 25.8. The number of carbonyl (C=O) groups excluding carboxylic acids is 1. The number of hydrogen-bond acceptors (Lipinski definition) is 4. The Hall–Kier alpha value is -1.95. The predicted molar refractivity (Wildman–Crippen MR) is 78.9 cm³/mol. The topological polar surface area (TPSA) is 66.7 Å². The molecule has 20 heavy (non-hydrogen) atoms. The molecule has 1 aliphatic rings. The number of nitro groups is 1. The van der Waals surface area contributed by atoms with Gasteiger partial charge in [-0.1, -0.05) is 20.8 Å². The molecule has 1 amide bonds. The molecule has 0 atom stereocenters. The Kier molecular flexibility index (Phi) is 6.11. The van der Waals surface area contributed by atoms with E-state index in [4.69, 9.17) is 0 Å². The van der Waals surface area contributed by atoms with Crippen molar-refractivity contribution in [3.63, 3.8) is 0 Å². The largest absolute Gasteiger partial charge is 0.310 e. The van der Waals surface area contributed by atoms with Crippen LogP contribution in [0.3, 0.4) is 0 Å². The maximum atomic E-state index is 11.9.